The number of carboxylic acids is 1. The molecule has 5 heteroatoms. The third-order valence-electron chi connectivity index (χ3n) is 3.42. The Bertz CT molecular complexity index is 467. The van der Waals surface area contributed by atoms with Crippen molar-refractivity contribution in [2.24, 2.45) is 0 Å². The molecule has 92 valence electrons. The van der Waals surface area contributed by atoms with Gasteiger partial charge < -0.3 is 10.2 Å². The van der Waals surface area contributed by atoms with Crippen LogP contribution in [0.2, 0.25) is 5.02 Å². The van der Waals surface area contributed by atoms with E-state index in [1.165, 1.54) is 6.07 Å². The molecule has 1 aromatic carbocycles. The Hall–Kier alpha value is -1.29. The summed E-state index contributed by atoms with van der Waals surface area (Å²) >= 11 is 5.65. The van der Waals surface area contributed by atoms with Crippen molar-refractivity contribution < 1.29 is 19.4 Å². The molecular weight excluding hydrogens is 247 g/mol. The Labute approximate surface area is 103 Å². The maximum Gasteiger partial charge on any atom is 0.314 e. The molecule has 3 nitrogen and oxygen atoms in total. The van der Waals surface area contributed by atoms with Gasteiger partial charge in [0.15, 0.2) is 0 Å². The summed E-state index contributed by atoms with van der Waals surface area (Å²) in [6.07, 6.45) is 2.44. The maximum absolute atomic E-state index is 13.1. The quantitative estimate of drug-likeness (QED) is 0.857. The number of carboxylic acid groups (broad SMARTS) is 1. The van der Waals surface area contributed by atoms with E-state index in [2.05, 4.69) is 0 Å². The van der Waals surface area contributed by atoms with Gasteiger partial charge in [-0.1, -0.05) is 24.4 Å². The number of phenols is 1. The summed E-state index contributed by atoms with van der Waals surface area (Å²) in [4.78, 5) is 11.4. The molecule has 1 saturated carbocycles. The van der Waals surface area contributed by atoms with E-state index in [1.54, 1.807) is 0 Å². The number of aliphatic carboxylic acids is 1. The summed E-state index contributed by atoms with van der Waals surface area (Å²) < 4.78 is 13.1. The first-order chi connectivity index (χ1) is 7.97. The van der Waals surface area contributed by atoms with Crippen molar-refractivity contribution >= 4 is 17.6 Å². The molecular formula is C12H12ClFO3. The molecule has 0 bridgehead atoms. The highest BCUT2D eigenvalue weighted by Gasteiger charge is 2.44. The lowest BCUT2D eigenvalue weighted by Crippen LogP contribution is -2.32. The Morgan fingerprint density at radius 2 is 1.94 bits per heavy atom. The number of hydrogen-bond donors (Lipinski definition) is 2. The largest absolute Gasteiger partial charge is 0.508 e. The van der Waals surface area contributed by atoms with Crippen LogP contribution >= 0.6 is 11.6 Å². The molecule has 1 aliphatic rings. The van der Waals surface area contributed by atoms with E-state index in [1.807, 2.05) is 0 Å². The van der Waals surface area contributed by atoms with Crippen LogP contribution in [0, 0.1) is 5.82 Å². The molecule has 1 aromatic rings. The number of phenolic OH excluding ortho intramolecular Hbond substituents is 1. The van der Waals surface area contributed by atoms with Crippen LogP contribution in [0.5, 0.6) is 5.75 Å². The van der Waals surface area contributed by atoms with Crippen LogP contribution in [0.1, 0.15) is 31.2 Å². The molecule has 0 radical (unpaired) electrons. The maximum atomic E-state index is 13.1. The van der Waals surface area contributed by atoms with Gasteiger partial charge >= 0.3 is 5.97 Å². The van der Waals surface area contributed by atoms with Gasteiger partial charge in [0, 0.05) is 11.6 Å². The van der Waals surface area contributed by atoms with E-state index in [0.29, 0.717) is 12.8 Å². The summed E-state index contributed by atoms with van der Waals surface area (Å²) in [5.74, 6) is -2.07. The van der Waals surface area contributed by atoms with E-state index in [0.717, 1.165) is 18.9 Å². The van der Waals surface area contributed by atoms with Gasteiger partial charge in [-0.3, -0.25) is 4.79 Å². The summed E-state index contributed by atoms with van der Waals surface area (Å²) in [6, 6.07) is 2.10. The standard InChI is InChI=1S/C12H12ClFO3/c13-8-5-7(10(15)6-9(8)14)12(11(16)17)3-1-2-4-12/h5-6,15H,1-4H2,(H,16,17). The van der Waals surface area contributed by atoms with Crippen molar-refractivity contribution in [3.8, 4) is 5.75 Å². The van der Waals surface area contributed by atoms with E-state index >= 15 is 0 Å². The second-order valence-corrected chi connectivity index (χ2v) is 4.79. The molecule has 0 aromatic heterocycles. The predicted molar refractivity (Wildman–Crippen MR) is 60.9 cm³/mol. The molecule has 2 N–H and O–H groups in total. The lowest BCUT2D eigenvalue weighted by Gasteiger charge is -2.25. The third kappa shape index (κ3) is 1.86. The van der Waals surface area contributed by atoms with Gasteiger partial charge in [0.05, 0.1) is 10.4 Å². The Kier molecular flexibility index (Phi) is 3.00. The fourth-order valence-electron chi connectivity index (χ4n) is 2.50. The van der Waals surface area contributed by atoms with Crippen molar-refractivity contribution in [3.63, 3.8) is 0 Å². The van der Waals surface area contributed by atoms with Crippen molar-refractivity contribution in [1.82, 2.24) is 0 Å². The summed E-state index contributed by atoms with van der Waals surface area (Å²) in [5, 5.41) is 18.9. The van der Waals surface area contributed by atoms with Gasteiger partial charge in [0.25, 0.3) is 0 Å². The topological polar surface area (TPSA) is 57.5 Å². The van der Waals surface area contributed by atoms with Crippen LogP contribution in [0.4, 0.5) is 4.39 Å². The van der Waals surface area contributed by atoms with Crippen LogP contribution in [-0.4, -0.2) is 16.2 Å². The van der Waals surface area contributed by atoms with Crippen LogP contribution in [-0.2, 0) is 10.2 Å². The molecule has 0 spiro atoms. The second-order valence-electron chi connectivity index (χ2n) is 4.38. The average Bonchev–Trinajstić information content (AvgIpc) is 2.73. The van der Waals surface area contributed by atoms with Gasteiger partial charge in [-0.15, -0.1) is 0 Å². The van der Waals surface area contributed by atoms with Gasteiger partial charge in [0.2, 0.25) is 0 Å². The molecule has 0 unspecified atom stereocenters. The lowest BCUT2D eigenvalue weighted by atomic mass is 9.78. The predicted octanol–water partition coefficient (Wildman–Crippen LogP) is 3.08. The van der Waals surface area contributed by atoms with Gasteiger partial charge in [-0.25, -0.2) is 4.39 Å². The summed E-state index contributed by atoms with van der Waals surface area (Å²) in [6.45, 7) is 0. The second kappa shape index (κ2) is 4.18. The van der Waals surface area contributed by atoms with Crippen LogP contribution < -0.4 is 0 Å². The molecule has 2 rings (SSSR count). The average molecular weight is 259 g/mol. The smallest absolute Gasteiger partial charge is 0.314 e. The molecule has 17 heavy (non-hydrogen) atoms. The zero-order valence-corrected chi connectivity index (χ0v) is 9.80. The zero-order valence-electron chi connectivity index (χ0n) is 9.04. The van der Waals surface area contributed by atoms with E-state index in [4.69, 9.17) is 11.6 Å². The van der Waals surface area contributed by atoms with Gasteiger partial charge in [-0.05, 0) is 18.9 Å². The van der Waals surface area contributed by atoms with Crippen molar-refractivity contribution in [2.75, 3.05) is 0 Å². The monoisotopic (exact) mass is 258 g/mol. The van der Waals surface area contributed by atoms with Crippen molar-refractivity contribution in [2.45, 2.75) is 31.1 Å². The highest BCUT2D eigenvalue weighted by atomic mass is 35.5. The molecule has 0 atom stereocenters. The Morgan fingerprint density at radius 1 is 1.35 bits per heavy atom. The normalized spacial score (nSPS) is 18.2. The molecule has 0 aliphatic heterocycles. The first kappa shape index (κ1) is 12.2. The number of benzene rings is 1. The molecule has 0 heterocycles. The number of carbonyl (C=O) groups is 1. The highest BCUT2D eigenvalue weighted by Crippen LogP contribution is 2.45. The Balaban J connectivity index is 2.58. The number of aromatic hydroxyl groups is 1. The molecule has 0 saturated heterocycles. The zero-order chi connectivity index (χ0) is 12.6. The number of rotatable bonds is 2. The van der Waals surface area contributed by atoms with Gasteiger partial charge in [0.1, 0.15) is 11.6 Å². The van der Waals surface area contributed by atoms with Crippen LogP contribution in [0.15, 0.2) is 12.1 Å². The first-order valence-corrected chi connectivity index (χ1v) is 5.77. The fourth-order valence-corrected chi connectivity index (χ4v) is 2.66. The van der Waals surface area contributed by atoms with Crippen LogP contribution in [0.3, 0.4) is 0 Å². The lowest BCUT2D eigenvalue weighted by molar-refractivity contribution is -0.143. The van der Waals surface area contributed by atoms with Crippen molar-refractivity contribution in [1.29, 1.82) is 0 Å². The van der Waals surface area contributed by atoms with Crippen LogP contribution in [0.25, 0.3) is 0 Å². The molecule has 1 fully saturated rings. The minimum absolute atomic E-state index is 0.162. The van der Waals surface area contributed by atoms with E-state index in [-0.39, 0.29) is 16.3 Å². The van der Waals surface area contributed by atoms with Gasteiger partial charge in [-0.2, -0.15) is 0 Å². The minimum atomic E-state index is -1.12. The van der Waals surface area contributed by atoms with E-state index in [9.17, 15) is 19.4 Å². The van der Waals surface area contributed by atoms with E-state index < -0.39 is 17.2 Å². The summed E-state index contributed by atoms with van der Waals surface area (Å²) in [7, 11) is 0. The fraction of sp³-hybridized carbons (Fsp3) is 0.417. The SMILES string of the molecule is O=C(O)C1(c2cc(Cl)c(F)cc2O)CCCC1. The molecule has 1 aliphatic carbocycles. The summed E-state index contributed by atoms with van der Waals surface area (Å²) in [5.41, 5.74) is -0.907. The number of hydrogen-bond acceptors (Lipinski definition) is 2. The Morgan fingerprint density at radius 3 is 2.47 bits per heavy atom. The first-order valence-electron chi connectivity index (χ1n) is 5.39. The third-order valence-corrected chi connectivity index (χ3v) is 3.71. The highest BCUT2D eigenvalue weighted by molar-refractivity contribution is 6.30. The minimum Gasteiger partial charge on any atom is -0.508 e. The molecule has 0 amide bonds. The van der Waals surface area contributed by atoms with Crippen molar-refractivity contribution in [3.05, 3.63) is 28.5 Å². The number of halogens is 2.